The Balaban J connectivity index is 2.19. The van der Waals surface area contributed by atoms with Crippen LogP contribution in [0.5, 0.6) is 0 Å². The molecular formula is C18H26N2. The lowest BCUT2D eigenvalue weighted by Gasteiger charge is -2.06. The molecule has 0 aliphatic rings. The zero-order valence-corrected chi connectivity index (χ0v) is 12.8. The van der Waals surface area contributed by atoms with Crippen molar-refractivity contribution in [2.24, 2.45) is 0 Å². The number of aromatic nitrogens is 1. The zero-order valence-electron chi connectivity index (χ0n) is 12.8. The number of nitrogens with one attached hydrogen (secondary N) is 1. The van der Waals surface area contributed by atoms with Crippen molar-refractivity contribution >= 4 is 10.9 Å². The molecule has 2 rings (SSSR count). The standard InChI is InChI=1S/C18H26N2/c1-4-15(2)13-20-14-16(9-7-8-12-19-3)17-10-5-6-11-18(17)20/h5-6,10-11,14,19H,2,4,7-9,12-13H2,1,3H3. The van der Waals surface area contributed by atoms with Gasteiger partial charge >= 0.3 is 0 Å². The van der Waals surface area contributed by atoms with Crippen LogP contribution in [0, 0.1) is 0 Å². The van der Waals surface area contributed by atoms with Gasteiger partial charge in [-0.25, -0.2) is 0 Å². The third-order valence-electron chi connectivity index (χ3n) is 3.89. The molecule has 1 heterocycles. The Kier molecular flexibility index (Phi) is 5.42. The van der Waals surface area contributed by atoms with E-state index in [2.05, 4.69) is 53.8 Å². The van der Waals surface area contributed by atoms with Gasteiger partial charge in [-0.15, -0.1) is 0 Å². The maximum absolute atomic E-state index is 4.14. The number of rotatable bonds is 8. The minimum atomic E-state index is 0.938. The molecule has 0 saturated carbocycles. The SMILES string of the molecule is C=C(CC)Cn1cc(CCCCNC)c2ccccc21. The van der Waals surface area contributed by atoms with Gasteiger partial charge in [-0.05, 0) is 50.9 Å². The lowest BCUT2D eigenvalue weighted by molar-refractivity contribution is 0.676. The first-order valence-electron chi connectivity index (χ1n) is 7.64. The van der Waals surface area contributed by atoms with E-state index in [0.29, 0.717) is 0 Å². The molecule has 0 spiro atoms. The Labute approximate surface area is 122 Å². The molecule has 0 bridgehead atoms. The third kappa shape index (κ3) is 3.51. The molecule has 0 atom stereocenters. The number of unbranched alkanes of at least 4 members (excludes halogenated alkanes) is 1. The van der Waals surface area contributed by atoms with E-state index < -0.39 is 0 Å². The summed E-state index contributed by atoms with van der Waals surface area (Å²) < 4.78 is 2.36. The van der Waals surface area contributed by atoms with Crippen molar-refractivity contribution in [3.8, 4) is 0 Å². The highest BCUT2D eigenvalue weighted by Gasteiger charge is 2.08. The van der Waals surface area contributed by atoms with Crippen LogP contribution in [0.3, 0.4) is 0 Å². The van der Waals surface area contributed by atoms with Gasteiger partial charge in [-0.2, -0.15) is 0 Å². The summed E-state index contributed by atoms with van der Waals surface area (Å²) >= 11 is 0. The molecule has 0 fully saturated rings. The monoisotopic (exact) mass is 270 g/mol. The Hall–Kier alpha value is -1.54. The molecule has 20 heavy (non-hydrogen) atoms. The Morgan fingerprint density at radius 3 is 2.80 bits per heavy atom. The van der Waals surface area contributed by atoms with E-state index in [1.165, 1.54) is 34.9 Å². The van der Waals surface area contributed by atoms with Gasteiger partial charge < -0.3 is 9.88 Å². The van der Waals surface area contributed by atoms with Crippen LogP contribution in [0.4, 0.5) is 0 Å². The van der Waals surface area contributed by atoms with E-state index in [1.807, 2.05) is 7.05 Å². The van der Waals surface area contributed by atoms with Crippen LogP contribution in [0.15, 0.2) is 42.6 Å². The predicted octanol–water partition coefficient (Wildman–Crippen LogP) is 4.15. The molecule has 1 aromatic heterocycles. The molecule has 0 aliphatic carbocycles. The van der Waals surface area contributed by atoms with Crippen molar-refractivity contribution in [2.75, 3.05) is 13.6 Å². The van der Waals surface area contributed by atoms with Crippen LogP contribution >= 0.6 is 0 Å². The van der Waals surface area contributed by atoms with Crippen LogP contribution < -0.4 is 5.32 Å². The number of fused-ring (bicyclic) bond motifs is 1. The fraction of sp³-hybridized carbons (Fsp3) is 0.444. The van der Waals surface area contributed by atoms with Crippen molar-refractivity contribution in [1.82, 2.24) is 9.88 Å². The fourth-order valence-electron chi connectivity index (χ4n) is 2.62. The number of para-hydroxylation sites is 1. The number of nitrogens with zero attached hydrogens (tertiary/aromatic N) is 1. The van der Waals surface area contributed by atoms with Gasteiger partial charge in [-0.3, -0.25) is 0 Å². The Morgan fingerprint density at radius 1 is 1.25 bits per heavy atom. The average molecular weight is 270 g/mol. The van der Waals surface area contributed by atoms with Gasteiger partial charge in [0.05, 0.1) is 0 Å². The van der Waals surface area contributed by atoms with Gasteiger partial charge in [0.25, 0.3) is 0 Å². The summed E-state index contributed by atoms with van der Waals surface area (Å²) in [5, 5.41) is 4.62. The van der Waals surface area contributed by atoms with Gasteiger partial charge in [-0.1, -0.05) is 37.3 Å². The van der Waals surface area contributed by atoms with Crippen LogP contribution in [0.2, 0.25) is 0 Å². The second-order valence-electron chi connectivity index (χ2n) is 5.46. The quantitative estimate of drug-likeness (QED) is 0.563. The normalized spacial score (nSPS) is 11.1. The summed E-state index contributed by atoms with van der Waals surface area (Å²) in [7, 11) is 2.02. The molecule has 2 heteroatoms. The van der Waals surface area contributed by atoms with Crippen LogP contribution in [0.1, 0.15) is 31.7 Å². The fourth-order valence-corrected chi connectivity index (χ4v) is 2.62. The summed E-state index contributed by atoms with van der Waals surface area (Å²) in [4.78, 5) is 0. The Bertz CT molecular complexity index is 566. The molecule has 1 aromatic carbocycles. The smallest absolute Gasteiger partial charge is 0.0486 e. The van der Waals surface area contributed by atoms with Crippen molar-refractivity contribution in [3.63, 3.8) is 0 Å². The molecule has 0 unspecified atom stereocenters. The highest BCUT2D eigenvalue weighted by atomic mass is 15.0. The molecule has 0 aliphatic heterocycles. The molecule has 108 valence electrons. The van der Waals surface area contributed by atoms with Crippen molar-refractivity contribution in [3.05, 3.63) is 48.2 Å². The molecule has 0 saturated heterocycles. The molecular weight excluding hydrogens is 244 g/mol. The second-order valence-corrected chi connectivity index (χ2v) is 5.46. The van der Waals surface area contributed by atoms with Gasteiger partial charge in [0.2, 0.25) is 0 Å². The predicted molar refractivity (Wildman–Crippen MR) is 88.2 cm³/mol. The van der Waals surface area contributed by atoms with E-state index in [9.17, 15) is 0 Å². The number of aryl methyl sites for hydroxylation is 1. The average Bonchev–Trinajstić information content (AvgIpc) is 2.82. The maximum atomic E-state index is 4.14. The first-order chi connectivity index (χ1) is 9.76. The van der Waals surface area contributed by atoms with E-state index in [0.717, 1.165) is 25.9 Å². The van der Waals surface area contributed by atoms with Crippen molar-refractivity contribution in [2.45, 2.75) is 39.2 Å². The molecule has 0 amide bonds. The molecule has 0 radical (unpaired) electrons. The van der Waals surface area contributed by atoms with E-state index >= 15 is 0 Å². The van der Waals surface area contributed by atoms with Crippen LogP contribution in [-0.4, -0.2) is 18.2 Å². The first kappa shape index (κ1) is 14.9. The lowest BCUT2D eigenvalue weighted by Crippen LogP contribution is -2.07. The molecule has 2 aromatic rings. The highest BCUT2D eigenvalue weighted by molar-refractivity contribution is 5.84. The zero-order chi connectivity index (χ0) is 14.4. The first-order valence-corrected chi connectivity index (χ1v) is 7.64. The van der Waals surface area contributed by atoms with Gasteiger partial charge in [0.1, 0.15) is 0 Å². The second kappa shape index (κ2) is 7.30. The highest BCUT2D eigenvalue weighted by Crippen LogP contribution is 2.24. The summed E-state index contributed by atoms with van der Waals surface area (Å²) in [5.74, 6) is 0. The van der Waals surface area contributed by atoms with E-state index in [1.54, 1.807) is 0 Å². The minimum absolute atomic E-state index is 0.938. The Morgan fingerprint density at radius 2 is 2.05 bits per heavy atom. The number of allylic oxidation sites excluding steroid dienone is 1. The van der Waals surface area contributed by atoms with Gasteiger partial charge in [0, 0.05) is 23.6 Å². The van der Waals surface area contributed by atoms with Crippen LogP contribution in [0.25, 0.3) is 10.9 Å². The summed E-state index contributed by atoms with van der Waals surface area (Å²) in [5.41, 5.74) is 4.10. The van der Waals surface area contributed by atoms with E-state index in [-0.39, 0.29) is 0 Å². The summed E-state index contributed by atoms with van der Waals surface area (Å²) in [6, 6.07) is 8.72. The van der Waals surface area contributed by atoms with Crippen LogP contribution in [-0.2, 0) is 13.0 Å². The number of hydrogen-bond acceptors (Lipinski definition) is 1. The summed E-state index contributed by atoms with van der Waals surface area (Å²) in [6.45, 7) is 8.36. The lowest BCUT2D eigenvalue weighted by atomic mass is 10.1. The van der Waals surface area contributed by atoms with Gasteiger partial charge in [0.15, 0.2) is 0 Å². The molecule has 2 nitrogen and oxygen atoms in total. The minimum Gasteiger partial charge on any atom is -0.343 e. The van der Waals surface area contributed by atoms with Crippen molar-refractivity contribution < 1.29 is 0 Å². The van der Waals surface area contributed by atoms with E-state index in [4.69, 9.17) is 0 Å². The largest absolute Gasteiger partial charge is 0.343 e. The summed E-state index contributed by atoms with van der Waals surface area (Å²) in [6.07, 6.45) is 7.00. The number of hydrogen-bond donors (Lipinski definition) is 1. The maximum Gasteiger partial charge on any atom is 0.0486 e. The molecule has 1 N–H and O–H groups in total. The topological polar surface area (TPSA) is 17.0 Å². The number of benzene rings is 1. The van der Waals surface area contributed by atoms with Crippen molar-refractivity contribution in [1.29, 1.82) is 0 Å². The third-order valence-corrected chi connectivity index (χ3v) is 3.89.